The summed E-state index contributed by atoms with van der Waals surface area (Å²) in [5.41, 5.74) is 8.57. The maximum atomic E-state index is 13.9. The molecule has 4 aromatic rings. The average Bonchev–Trinajstić information content (AvgIpc) is 3.00. The van der Waals surface area contributed by atoms with E-state index in [4.69, 9.17) is 0 Å². The second-order valence-electron chi connectivity index (χ2n) is 9.14. The van der Waals surface area contributed by atoms with Gasteiger partial charge in [-0.2, -0.15) is 0 Å². The number of imidazole rings is 1. The summed E-state index contributed by atoms with van der Waals surface area (Å²) in [6.07, 6.45) is 0. The molecule has 0 saturated carbocycles. The Labute approximate surface area is 185 Å². The summed E-state index contributed by atoms with van der Waals surface area (Å²) in [5.74, 6) is 1.80. The van der Waals surface area contributed by atoms with Crippen LogP contribution in [0.5, 0.6) is 0 Å². The van der Waals surface area contributed by atoms with Crippen LogP contribution in [0, 0.1) is 12.7 Å². The van der Waals surface area contributed by atoms with Gasteiger partial charge in [0.15, 0.2) is 11.0 Å². The van der Waals surface area contributed by atoms with Gasteiger partial charge in [-0.3, -0.25) is 0 Å². The van der Waals surface area contributed by atoms with E-state index in [1.807, 2.05) is 13.0 Å². The van der Waals surface area contributed by atoms with E-state index >= 15 is 0 Å². The van der Waals surface area contributed by atoms with Crippen LogP contribution < -0.4 is 4.57 Å². The summed E-state index contributed by atoms with van der Waals surface area (Å²) in [6, 6.07) is 20.3. The van der Waals surface area contributed by atoms with Crippen LogP contribution in [0.2, 0.25) is 0 Å². The Kier molecular flexibility index (Phi) is 5.70. The highest BCUT2D eigenvalue weighted by molar-refractivity contribution is 5.77. The van der Waals surface area contributed by atoms with Gasteiger partial charge in [0, 0.05) is 5.56 Å². The van der Waals surface area contributed by atoms with Gasteiger partial charge in [0.25, 0.3) is 5.82 Å². The van der Waals surface area contributed by atoms with Gasteiger partial charge in [0.1, 0.15) is 12.4 Å². The van der Waals surface area contributed by atoms with Crippen molar-refractivity contribution in [3.63, 3.8) is 0 Å². The van der Waals surface area contributed by atoms with E-state index in [9.17, 15) is 4.39 Å². The van der Waals surface area contributed by atoms with E-state index in [0.717, 1.165) is 23.5 Å². The van der Waals surface area contributed by atoms with Crippen molar-refractivity contribution >= 4 is 11.0 Å². The predicted molar refractivity (Wildman–Crippen MR) is 127 cm³/mol. The highest BCUT2D eigenvalue weighted by Gasteiger charge is 2.27. The summed E-state index contributed by atoms with van der Waals surface area (Å²) in [6.45, 7) is 11.8. The molecule has 0 saturated heterocycles. The molecule has 0 atom stereocenters. The average molecular weight is 416 g/mol. The summed E-state index contributed by atoms with van der Waals surface area (Å²) in [5, 5.41) is 0. The monoisotopic (exact) mass is 415 g/mol. The largest absolute Gasteiger partial charge is 0.290 e. The molecule has 0 radical (unpaired) electrons. The SMILES string of the molecule is Cc1cc(F)ccc1-c1n(Cc2c(C(C)C)cccc2C(C)C)c2ccccc2[n+]1C. The van der Waals surface area contributed by atoms with Gasteiger partial charge in [0.05, 0.1) is 12.6 Å². The number of nitrogens with zero attached hydrogens (tertiary/aromatic N) is 2. The zero-order valence-corrected chi connectivity index (χ0v) is 19.4. The highest BCUT2D eigenvalue weighted by Crippen LogP contribution is 2.32. The van der Waals surface area contributed by atoms with Gasteiger partial charge in [-0.1, -0.05) is 58.0 Å². The molecule has 31 heavy (non-hydrogen) atoms. The molecule has 0 fully saturated rings. The molecule has 2 nitrogen and oxygen atoms in total. The molecule has 4 rings (SSSR count). The Bertz CT molecular complexity index is 1220. The molecule has 0 aliphatic rings. The van der Waals surface area contributed by atoms with Crippen molar-refractivity contribution in [1.29, 1.82) is 0 Å². The number of hydrogen-bond donors (Lipinski definition) is 0. The van der Waals surface area contributed by atoms with Crippen molar-refractivity contribution in [3.8, 4) is 11.4 Å². The Morgan fingerprint density at radius 2 is 1.52 bits per heavy atom. The molecule has 0 aliphatic heterocycles. The number of benzene rings is 3. The first-order chi connectivity index (χ1) is 14.8. The van der Waals surface area contributed by atoms with Crippen LogP contribution in [0.1, 0.15) is 61.8 Å². The summed E-state index contributed by atoms with van der Waals surface area (Å²) < 4.78 is 18.5. The maximum Gasteiger partial charge on any atom is 0.290 e. The quantitative estimate of drug-likeness (QED) is 0.314. The lowest BCUT2D eigenvalue weighted by Crippen LogP contribution is -2.30. The van der Waals surface area contributed by atoms with Crippen LogP contribution in [0.4, 0.5) is 4.39 Å². The Morgan fingerprint density at radius 3 is 2.13 bits per heavy atom. The molecule has 0 spiro atoms. The van der Waals surface area contributed by atoms with Crippen LogP contribution >= 0.6 is 0 Å². The van der Waals surface area contributed by atoms with E-state index in [2.05, 4.69) is 86.3 Å². The number of fused-ring (bicyclic) bond motifs is 1. The smallest absolute Gasteiger partial charge is 0.226 e. The molecule has 3 heteroatoms. The van der Waals surface area contributed by atoms with E-state index in [1.54, 1.807) is 12.1 Å². The van der Waals surface area contributed by atoms with Crippen molar-refractivity contribution < 1.29 is 8.96 Å². The highest BCUT2D eigenvalue weighted by atomic mass is 19.1. The maximum absolute atomic E-state index is 13.9. The lowest BCUT2D eigenvalue weighted by Gasteiger charge is -2.19. The molecule has 0 aliphatic carbocycles. The van der Waals surface area contributed by atoms with Crippen molar-refractivity contribution in [3.05, 3.63) is 88.7 Å². The van der Waals surface area contributed by atoms with Crippen molar-refractivity contribution in [2.24, 2.45) is 7.05 Å². The standard InChI is InChI=1S/C28H32FN2/c1-18(2)22-10-9-11-23(19(3)4)25(22)17-31-27-13-8-7-12-26(27)30(6)28(31)24-15-14-21(29)16-20(24)5/h7-16,18-19H,17H2,1-6H3/q+1. The molecule has 0 amide bonds. The van der Waals surface area contributed by atoms with Crippen molar-refractivity contribution in [2.75, 3.05) is 0 Å². The minimum Gasteiger partial charge on any atom is -0.226 e. The fraction of sp³-hybridized carbons (Fsp3) is 0.321. The minimum atomic E-state index is -0.196. The fourth-order valence-electron chi connectivity index (χ4n) is 4.80. The zero-order valence-electron chi connectivity index (χ0n) is 19.4. The molecule has 0 N–H and O–H groups in total. The Morgan fingerprint density at radius 1 is 0.871 bits per heavy atom. The van der Waals surface area contributed by atoms with Gasteiger partial charge in [-0.05, 0) is 65.8 Å². The number of aryl methyl sites for hydroxylation is 2. The molecule has 0 unspecified atom stereocenters. The lowest BCUT2D eigenvalue weighted by molar-refractivity contribution is -0.634. The third-order valence-electron chi connectivity index (χ3n) is 6.35. The second-order valence-corrected chi connectivity index (χ2v) is 9.14. The van der Waals surface area contributed by atoms with Crippen LogP contribution in [0.15, 0.2) is 60.7 Å². The van der Waals surface area contributed by atoms with E-state index < -0.39 is 0 Å². The van der Waals surface area contributed by atoms with Crippen LogP contribution in [-0.4, -0.2) is 4.57 Å². The summed E-state index contributed by atoms with van der Waals surface area (Å²) in [4.78, 5) is 0. The molecule has 3 aromatic carbocycles. The number of halogens is 1. The van der Waals surface area contributed by atoms with E-state index in [1.165, 1.54) is 27.7 Å². The topological polar surface area (TPSA) is 8.81 Å². The number of aromatic nitrogens is 2. The first-order valence-electron chi connectivity index (χ1n) is 11.1. The normalized spacial score (nSPS) is 11.8. The molecule has 1 aromatic heterocycles. The van der Waals surface area contributed by atoms with Gasteiger partial charge in [-0.15, -0.1) is 0 Å². The van der Waals surface area contributed by atoms with E-state index in [0.29, 0.717) is 11.8 Å². The first kappa shape index (κ1) is 21.3. The Balaban J connectivity index is 2.02. The molecular formula is C28H32FN2+. The lowest BCUT2D eigenvalue weighted by atomic mass is 9.88. The predicted octanol–water partition coefficient (Wildman–Crippen LogP) is 6.88. The Hall–Kier alpha value is -2.94. The van der Waals surface area contributed by atoms with E-state index in [-0.39, 0.29) is 5.82 Å². The number of hydrogen-bond acceptors (Lipinski definition) is 0. The number of para-hydroxylation sites is 2. The van der Waals surface area contributed by atoms with Gasteiger partial charge in [-0.25, -0.2) is 13.5 Å². The third kappa shape index (κ3) is 3.78. The van der Waals surface area contributed by atoms with Crippen LogP contribution in [-0.2, 0) is 13.6 Å². The van der Waals surface area contributed by atoms with Crippen LogP contribution in [0.3, 0.4) is 0 Å². The number of rotatable bonds is 5. The second kappa shape index (κ2) is 8.30. The minimum absolute atomic E-state index is 0.196. The van der Waals surface area contributed by atoms with Gasteiger partial charge >= 0.3 is 0 Å². The molecular weight excluding hydrogens is 383 g/mol. The molecule has 0 bridgehead atoms. The van der Waals surface area contributed by atoms with Crippen molar-refractivity contribution in [2.45, 2.75) is 53.0 Å². The molecule has 160 valence electrons. The first-order valence-corrected chi connectivity index (χ1v) is 11.1. The fourth-order valence-corrected chi connectivity index (χ4v) is 4.80. The molecule has 1 heterocycles. The third-order valence-corrected chi connectivity index (χ3v) is 6.35. The summed E-state index contributed by atoms with van der Waals surface area (Å²) >= 11 is 0. The van der Waals surface area contributed by atoms with Crippen LogP contribution in [0.25, 0.3) is 22.4 Å². The zero-order chi connectivity index (χ0) is 22.3. The van der Waals surface area contributed by atoms with Gasteiger partial charge < -0.3 is 0 Å². The summed E-state index contributed by atoms with van der Waals surface area (Å²) in [7, 11) is 2.11. The van der Waals surface area contributed by atoms with Crippen molar-refractivity contribution in [1.82, 2.24) is 4.57 Å². The van der Waals surface area contributed by atoms with Gasteiger partial charge in [0.2, 0.25) is 0 Å².